The summed E-state index contributed by atoms with van der Waals surface area (Å²) in [6.07, 6.45) is 0.974. The molecule has 0 bridgehead atoms. The average molecular weight is 466 g/mol. The van der Waals surface area contributed by atoms with Crippen molar-refractivity contribution in [2.45, 2.75) is 37.8 Å². The van der Waals surface area contributed by atoms with Gasteiger partial charge in [0.1, 0.15) is 11.6 Å². The van der Waals surface area contributed by atoms with Crippen LogP contribution in [-0.4, -0.2) is 29.7 Å². The molecule has 1 aliphatic rings. The Labute approximate surface area is 184 Å². The van der Waals surface area contributed by atoms with Crippen LogP contribution in [-0.2, 0) is 23.0 Å². The largest absolute Gasteiger partial charge is 0.424 e. The molecule has 8 nitrogen and oxygen atoms in total. The van der Waals surface area contributed by atoms with E-state index in [4.69, 9.17) is 16.3 Å². The standard InChI is InChI=1S/C20H21ClFN5O3S/c1-3-27-19(12(2)26-31(28,29)15-6-7-17(22)16(21)11-15)24-25-20(27)30-14-5-4-13-8-9-23-18(13)10-14/h4-7,10-12,23,26H,3,8-9H2,1-2H3/t12-/m1/s1. The number of anilines is 1. The Bertz CT molecular complexity index is 1230. The number of aromatic nitrogens is 3. The minimum Gasteiger partial charge on any atom is -0.424 e. The first-order valence-electron chi connectivity index (χ1n) is 9.73. The Hall–Kier alpha value is -2.69. The van der Waals surface area contributed by atoms with Gasteiger partial charge in [0.2, 0.25) is 10.0 Å². The predicted molar refractivity (Wildman–Crippen MR) is 115 cm³/mol. The summed E-state index contributed by atoms with van der Waals surface area (Å²) >= 11 is 5.72. The molecular weight excluding hydrogens is 445 g/mol. The molecular formula is C20H21ClFN5O3S. The first-order chi connectivity index (χ1) is 14.8. The zero-order valence-corrected chi connectivity index (χ0v) is 18.5. The highest BCUT2D eigenvalue weighted by Gasteiger charge is 2.25. The van der Waals surface area contributed by atoms with Crippen molar-refractivity contribution in [1.29, 1.82) is 0 Å². The molecule has 2 aromatic carbocycles. The first-order valence-corrected chi connectivity index (χ1v) is 11.6. The smallest absolute Gasteiger partial charge is 0.322 e. The van der Waals surface area contributed by atoms with E-state index in [-0.39, 0.29) is 15.9 Å². The number of fused-ring (bicyclic) bond motifs is 1. The predicted octanol–water partition coefficient (Wildman–Crippen LogP) is 3.89. The van der Waals surface area contributed by atoms with Gasteiger partial charge in [-0.15, -0.1) is 5.10 Å². The second kappa shape index (κ2) is 8.45. The van der Waals surface area contributed by atoms with E-state index in [1.54, 1.807) is 11.5 Å². The van der Waals surface area contributed by atoms with Crippen LogP contribution in [0.1, 0.15) is 31.3 Å². The maximum atomic E-state index is 13.4. The summed E-state index contributed by atoms with van der Waals surface area (Å²) in [6.45, 7) is 4.88. The third kappa shape index (κ3) is 4.36. The van der Waals surface area contributed by atoms with Crippen LogP contribution in [0.25, 0.3) is 0 Å². The molecule has 1 aromatic heterocycles. The minimum absolute atomic E-state index is 0.143. The van der Waals surface area contributed by atoms with Gasteiger partial charge in [0.05, 0.1) is 16.0 Å². The lowest BCUT2D eigenvalue weighted by Gasteiger charge is -2.15. The molecule has 11 heteroatoms. The Morgan fingerprint density at radius 3 is 2.84 bits per heavy atom. The quantitative estimate of drug-likeness (QED) is 0.549. The van der Waals surface area contributed by atoms with Crippen LogP contribution in [0.2, 0.25) is 5.02 Å². The molecule has 1 aliphatic heterocycles. The van der Waals surface area contributed by atoms with E-state index >= 15 is 0 Å². The number of hydrogen-bond donors (Lipinski definition) is 2. The summed E-state index contributed by atoms with van der Waals surface area (Å²) < 4.78 is 48.9. The zero-order chi connectivity index (χ0) is 22.2. The Morgan fingerprint density at radius 1 is 1.29 bits per heavy atom. The minimum atomic E-state index is -3.96. The highest BCUT2D eigenvalue weighted by Crippen LogP contribution is 2.30. The topological polar surface area (TPSA) is 98.1 Å². The molecule has 0 saturated carbocycles. The van der Waals surface area contributed by atoms with E-state index in [2.05, 4.69) is 20.2 Å². The molecule has 0 saturated heterocycles. The van der Waals surface area contributed by atoms with Crippen LogP contribution in [0.5, 0.6) is 11.8 Å². The zero-order valence-electron chi connectivity index (χ0n) is 16.9. The van der Waals surface area contributed by atoms with Crippen LogP contribution in [0, 0.1) is 5.82 Å². The van der Waals surface area contributed by atoms with Gasteiger partial charge in [-0.05, 0) is 50.1 Å². The fourth-order valence-electron chi connectivity index (χ4n) is 3.43. The van der Waals surface area contributed by atoms with Gasteiger partial charge < -0.3 is 10.1 Å². The van der Waals surface area contributed by atoms with Gasteiger partial charge in [-0.3, -0.25) is 4.57 Å². The molecule has 0 aliphatic carbocycles. The van der Waals surface area contributed by atoms with Crippen molar-refractivity contribution < 1.29 is 17.5 Å². The lowest BCUT2D eigenvalue weighted by Crippen LogP contribution is -2.29. The Kier molecular flexibility index (Phi) is 5.87. The molecule has 3 aromatic rings. The highest BCUT2D eigenvalue weighted by molar-refractivity contribution is 7.89. The normalized spacial score (nSPS) is 14.2. The highest BCUT2D eigenvalue weighted by atomic mass is 35.5. The summed E-state index contributed by atoms with van der Waals surface area (Å²) in [5.74, 6) is 0.299. The molecule has 0 fully saturated rings. The molecule has 1 atom stereocenters. The molecule has 0 spiro atoms. The second-order valence-corrected chi connectivity index (χ2v) is 9.22. The lowest BCUT2D eigenvalue weighted by atomic mass is 10.2. The van der Waals surface area contributed by atoms with Gasteiger partial charge in [-0.2, -0.15) is 0 Å². The van der Waals surface area contributed by atoms with Gasteiger partial charge in [-0.1, -0.05) is 22.8 Å². The number of rotatable bonds is 7. The van der Waals surface area contributed by atoms with Crippen molar-refractivity contribution in [3.05, 3.63) is 58.6 Å². The van der Waals surface area contributed by atoms with Crippen molar-refractivity contribution in [2.24, 2.45) is 0 Å². The van der Waals surface area contributed by atoms with E-state index in [0.29, 0.717) is 18.1 Å². The van der Waals surface area contributed by atoms with E-state index < -0.39 is 21.9 Å². The number of nitrogens with zero attached hydrogens (tertiary/aromatic N) is 3. The summed E-state index contributed by atoms with van der Waals surface area (Å²) in [5.41, 5.74) is 2.26. The lowest BCUT2D eigenvalue weighted by molar-refractivity contribution is 0.408. The van der Waals surface area contributed by atoms with Crippen molar-refractivity contribution in [1.82, 2.24) is 19.5 Å². The third-order valence-electron chi connectivity index (χ3n) is 4.98. The molecule has 2 N–H and O–H groups in total. The van der Waals surface area contributed by atoms with E-state index in [1.807, 2.05) is 25.1 Å². The van der Waals surface area contributed by atoms with Crippen LogP contribution in [0.15, 0.2) is 41.3 Å². The molecule has 164 valence electrons. The summed E-state index contributed by atoms with van der Waals surface area (Å²) in [5, 5.41) is 11.2. The second-order valence-electron chi connectivity index (χ2n) is 7.10. The summed E-state index contributed by atoms with van der Waals surface area (Å²) in [7, 11) is -3.96. The van der Waals surface area contributed by atoms with Crippen LogP contribution in [0.4, 0.5) is 10.1 Å². The number of ether oxygens (including phenoxy) is 1. The fraction of sp³-hybridized carbons (Fsp3) is 0.300. The molecule has 31 heavy (non-hydrogen) atoms. The van der Waals surface area contributed by atoms with E-state index in [0.717, 1.165) is 36.9 Å². The van der Waals surface area contributed by atoms with Gasteiger partial charge >= 0.3 is 6.01 Å². The first kappa shape index (κ1) is 21.5. The molecule has 0 radical (unpaired) electrons. The number of nitrogens with one attached hydrogen (secondary N) is 2. The third-order valence-corrected chi connectivity index (χ3v) is 6.81. The molecule has 2 heterocycles. The number of sulfonamides is 1. The Morgan fingerprint density at radius 2 is 2.10 bits per heavy atom. The van der Waals surface area contributed by atoms with Crippen LogP contribution >= 0.6 is 11.6 Å². The van der Waals surface area contributed by atoms with E-state index in [9.17, 15) is 12.8 Å². The number of halogens is 2. The average Bonchev–Trinajstić information content (AvgIpc) is 3.35. The van der Waals surface area contributed by atoms with Gasteiger partial charge in [0, 0.05) is 24.8 Å². The number of hydrogen-bond acceptors (Lipinski definition) is 6. The monoisotopic (exact) mass is 465 g/mol. The van der Waals surface area contributed by atoms with Crippen LogP contribution < -0.4 is 14.8 Å². The number of benzene rings is 2. The van der Waals surface area contributed by atoms with E-state index in [1.165, 1.54) is 5.56 Å². The maximum Gasteiger partial charge on any atom is 0.322 e. The van der Waals surface area contributed by atoms with Crippen molar-refractivity contribution in [3.8, 4) is 11.8 Å². The molecule has 4 rings (SSSR count). The SMILES string of the molecule is CCn1c(Oc2ccc3c(c2)NCC3)nnc1[C@@H](C)NS(=O)(=O)c1ccc(F)c(Cl)c1. The van der Waals surface area contributed by atoms with Crippen LogP contribution in [0.3, 0.4) is 0 Å². The van der Waals surface area contributed by atoms with Crippen molar-refractivity contribution >= 4 is 27.3 Å². The maximum absolute atomic E-state index is 13.4. The van der Waals surface area contributed by atoms with Crippen molar-refractivity contribution in [3.63, 3.8) is 0 Å². The molecule has 0 unspecified atom stereocenters. The summed E-state index contributed by atoms with van der Waals surface area (Å²) in [6, 6.07) is 8.53. The Balaban J connectivity index is 1.55. The van der Waals surface area contributed by atoms with Crippen molar-refractivity contribution in [2.75, 3.05) is 11.9 Å². The fourth-order valence-corrected chi connectivity index (χ4v) is 4.90. The molecule has 0 amide bonds. The van der Waals surface area contributed by atoms with Gasteiger partial charge in [0.25, 0.3) is 0 Å². The summed E-state index contributed by atoms with van der Waals surface area (Å²) in [4.78, 5) is -0.143. The van der Waals surface area contributed by atoms with Gasteiger partial charge in [-0.25, -0.2) is 17.5 Å². The van der Waals surface area contributed by atoms with Gasteiger partial charge in [0.15, 0.2) is 5.82 Å².